The Morgan fingerprint density at radius 2 is 1.80 bits per heavy atom. The first-order chi connectivity index (χ1) is 9.72. The topological polar surface area (TPSA) is 58.4 Å². The molecule has 0 radical (unpaired) electrons. The van der Waals surface area contributed by atoms with E-state index in [1.807, 2.05) is 0 Å². The first kappa shape index (κ1) is 15.8. The fourth-order valence-corrected chi connectivity index (χ4v) is 3.85. The molecule has 1 amide bonds. The van der Waals surface area contributed by atoms with Gasteiger partial charge in [0.05, 0.1) is 0 Å². The second-order valence-corrected chi connectivity index (χ2v) is 6.60. The van der Waals surface area contributed by atoms with Gasteiger partial charge < -0.3 is 16.0 Å². The van der Waals surface area contributed by atoms with E-state index in [0.717, 1.165) is 32.0 Å². The maximum atomic E-state index is 12.3. The maximum absolute atomic E-state index is 12.3. The van der Waals surface area contributed by atoms with Crippen LogP contribution in [0.15, 0.2) is 0 Å². The van der Waals surface area contributed by atoms with Crippen molar-refractivity contribution in [2.45, 2.75) is 57.4 Å². The maximum Gasteiger partial charge on any atom is 0.223 e. The molecule has 0 aromatic heterocycles. The molecule has 3 N–H and O–H groups in total. The number of carbonyl (C=O) groups is 1. The van der Waals surface area contributed by atoms with Crippen LogP contribution in [-0.4, -0.2) is 43.5 Å². The normalized spacial score (nSPS) is 27.9. The molecule has 4 heteroatoms. The van der Waals surface area contributed by atoms with Gasteiger partial charge in [-0.2, -0.15) is 0 Å². The Morgan fingerprint density at radius 3 is 2.50 bits per heavy atom. The van der Waals surface area contributed by atoms with Crippen LogP contribution >= 0.6 is 0 Å². The molecule has 0 aromatic carbocycles. The summed E-state index contributed by atoms with van der Waals surface area (Å²) in [5.74, 6) is 0.793. The SMILES string of the molecule is CN(CCNC(=O)C1CCCCC1CN)C1CCCC1. The zero-order valence-electron chi connectivity index (χ0n) is 12.9. The number of amides is 1. The minimum atomic E-state index is 0.158. The van der Waals surface area contributed by atoms with Gasteiger partial charge in [-0.3, -0.25) is 4.79 Å². The van der Waals surface area contributed by atoms with Crippen molar-refractivity contribution in [3.8, 4) is 0 Å². The molecule has 0 aromatic rings. The first-order valence-electron chi connectivity index (χ1n) is 8.40. The minimum absolute atomic E-state index is 0.158. The Bertz CT molecular complexity index is 302. The van der Waals surface area contributed by atoms with E-state index in [2.05, 4.69) is 17.3 Å². The van der Waals surface area contributed by atoms with E-state index in [1.165, 1.54) is 38.5 Å². The Labute approximate surface area is 123 Å². The summed E-state index contributed by atoms with van der Waals surface area (Å²) in [4.78, 5) is 14.7. The molecular weight excluding hydrogens is 250 g/mol. The Hall–Kier alpha value is -0.610. The van der Waals surface area contributed by atoms with Gasteiger partial charge in [-0.1, -0.05) is 25.7 Å². The van der Waals surface area contributed by atoms with E-state index in [-0.39, 0.29) is 11.8 Å². The zero-order valence-corrected chi connectivity index (χ0v) is 12.9. The summed E-state index contributed by atoms with van der Waals surface area (Å²) in [6.45, 7) is 2.40. The Balaban J connectivity index is 1.68. The molecule has 20 heavy (non-hydrogen) atoms. The highest BCUT2D eigenvalue weighted by Gasteiger charge is 2.29. The molecule has 0 saturated heterocycles. The summed E-state index contributed by atoms with van der Waals surface area (Å²) >= 11 is 0. The number of carbonyl (C=O) groups excluding carboxylic acids is 1. The number of hydrogen-bond acceptors (Lipinski definition) is 3. The molecule has 0 aliphatic heterocycles. The van der Waals surface area contributed by atoms with Crippen molar-refractivity contribution in [2.75, 3.05) is 26.7 Å². The molecule has 2 aliphatic carbocycles. The molecule has 2 aliphatic rings. The lowest BCUT2D eigenvalue weighted by atomic mass is 9.79. The Kier molecular flexibility index (Phi) is 6.30. The number of nitrogens with zero attached hydrogens (tertiary/aromatic N) is 1. The fraction of sp³-hybridized carbons (Fsp3) is 0.938. The third-order valence-electron chi connectivity index (χ3n) is 5.26. The standard InChI is InChI=1S/C16H31N3O/c1-19(14-7-3-4-8-14)11-10-18-16(20)15-9-5-2-6-13(15)12-17/h13-15H,2-12,17H2,1H3,(H,18,20). The molecule has 116 valence electrons. The molecule has 2 saturated carbocycles. The average molecular weight is 281 g/mol. The van der Waals surface area contributed by atoms with Crippen LogP contribution in [0.25, 0.3) is 0 Å². The molecule has 2 atom stereocenters. The summed E-state index contributed by atoms with van der Waals surface area (Å²) in [5, 5.41) is 3.13. The van der Waals surface area contributed by atoms with Gasteiger partial charge in [0.2, 0.25) is 5.91 Å². The molecule has 0 bridgehead atoms. The first-order valence-corrected chi connectivity index (χ1v) is 8.40. The third-order valence-corrected chi connectivity index (χ3v) is 5.26. The average Bonchev–Trinajstić information content (AvgIpc) is 3.01. The van der Waals surface area contributed by atoms with E-state index in [4.69, 9.17) is 5.73 Å². The number of nitrogens with one attached hydrogen (secondary N) is 1. The molecule has 4 nitrogen and oxygen atoms in total. The quantitative estimate of drug-likeness (QED) is 0.780. The molecular formula is C16H31N3O. The van der Waals surface area contributed by atoms with E-state index < -0.39 is 0 Å². The largest absolute Gasteiger partial charge is 0.355 e. The van der Waals surface area contributed by atoms with E-state index in [9.17, 15) is 4.79 Å². The molecule has 2 rings (SSSR count). The zero-order chi connectivity index (χ0) is 14.4. The lowest BCUT2D eigenvalue weighted by Gasteiger charge is -2.30. The number of hydrogen-bond donors (Lipinski definition) is 2. The van der Waals surface area contributed by atoms with Crippen molar-refractivity contribution in [1.29, 1.82) is 0 Å². The summed E-state index contributed by atoms with van der Waals surface area (Å²) in [7, 11) is 2.19. The van der Waals surface area contributed by atoms with E-state index in [1.54, 1.807) is 0 Å². The van der Waals surface area contributed by atoms with Gasteiger partial charge in [-0.25, -0.2) is 0 Å². The van der Waals surface area contributed by atoms with Crippen LogP contribution in [0, 0.1) is 11.8 Å². The van der Waals surface area contributed by atoms with Gasteiger partial charge in [-0.15, -0.1) is 0 Å². The summed E-state index contributed by atoms with van der Waals surface area (Å²) < 4.78 is 0. The van der Waals surface area contributed by atoms with Gasteiger partial charge in [-0.05, 0) is 45.2 Å². The fourth-order valence-electron chi connectivity index (χ4n) is 3.85. The molecule has 0 heterocycles. The van der Waals surface area contributed by atoms with E-state index >= 15 is 0 Å². The van der Waals surface area contributed by atoms with Crippen LogP contribution in [-0.2, 0) is 4.79 Å². The van der Waals surface area contributed by atoms with Gasteiger partial charge in [0.25, 0.3) is 0 Å². The van der Waals surface area contributed by atoms with Crippen LogP contribution in [0.3, 0.4) is 0 Å². The van der Waals surface area contributed by atoms with Crippen LogP contribution in [0.5, 0.6) is 0 Å². The van der Waals surface area contributed by atoms with Crippen molar-refractivity contribution in [3.63, 3.8) is 0 Å². The third kappa shape index (κ3) is 4.19. The smallest absolute Gasteiger partial charge is 0.223 e. The summed E-state index contributed by atoms with van der Waals surface area (Å²) in [6, 6.07) is 0.735. The van der Waals surface area contributed by atoms with Crippen LogP contribution in [0.4, 0.5) is 0 Å². The van der Waals surface area contributed by atoms with Crippen molar-refractivity contribution in [2.24, 2.45) is 17.6 Å². The summed E-state index contributed by atoms with van der Waals surface area (Å²) in [6.07, 6.45) is 9.92. The highest BCUT2D eigenvalue weighted by atomic mass is 16.1. The molecule has 0 spiro atoms. The molecule has 2 unspecified atom stereocenters. The monoisotopic (exact) mass is 281 g/mol. The van der Waals surface area contributed by atoms with Crippen molar-refractivity contribution < 1.29 is 4.79 Å². The van der Waals surface area contributed by atoms with Crippen LogP contribution in [0.1, 0.15) is 51.4 Å². The number of nitrogens with two attached hydrogens (primary N) is 1. The van der Waals surface area contributed by atoms with Gasteiger partial charge in [0.15, 0.2) is 0 Å². The second-order valence-electron chi connectivity index (χ2n) is 6.60. The highest BCUT2D eigenvalue weighted by Crippen LogP contribution is 2.29. The van der Waals surface area contributed by atoms with Crippen LogP contribution in [0.2, 0.25) is 0 Å². The second kappa shape index (κ2) is 7.99. The lowest BCUT2D eigenvalue weighted by molar-refractivity contribution is -0.127. The number of rotatable bonds is 6. The van der Waals surface area contributed by atoms with Gasteiger partial charge >= 0.3 is 0 Å². The van der Waals surface area contributed by atoms with Crippen LogP contribution < -0.4 is 11.1 Å². The number of likely N-dealkylation sites (N-methyl/N-ethyl adjacent to an activating group) is 1. The predicted octanol–water partition coefficient (Wildman–Crippen LogP) is 1.74. The highest BCUT2D eigenvalue weighted by molar-refractivity contribution is 5.79. The van der Waals surface area contributed by atoms with Gasteiger partial charge in [0.1, 0.15) is 0 Å². The Morgan fingerprint density at radius 1 is 1.15 bits per heavy atom. The molecule has 2 fully saturated rings. The van der Waals surface area contributed by atoms with E-state index in [0.29, 0.717) is 12.5 Å². The van der Waals surface area contributed by atoms with Crippen molar-refractivity contribution >= 4 is 5.91 Å². The van der Waals surface area contributed by atoms with Crippen molar-refractivity contribution in [3.05, 3.63) is 0 Å². The van der Waals surface area contributed by atoms with Crippen molar-refractivity contribution in [1.82, 2.24) is 10.2 Å². The minimum Gasteiger partial charge on any atom is -0.355 e. The predicted molar refractivity (Wildman–Crippen MR) is 82.4 cm³/mol. The lowest BCUT2D eigenvalue weighted by Crippen LogP contribution is -2.43. The summed E-state index contributed by atoms with van der Waals surface area (Å²) in [5.41, 5.74) is 5.80. The van der Waals surface area contributed by atoms with Gasteiger partial charge in [0, 0.05) is 25.0 Å².